The Hall–Kier alpha value is -3.27. The fourth-order valence-corrected chi connectivity index (χ4v) is 3.83. The molecule has 1 aliphatic rings. The van der Waals surface area contributed by atoms with E-state index in [9.17, 15) is 4.79 Å². The first-order valence-corrected chi connectivity index (χ1v) is 9.61. The first-order valence-electron chi connectivity index (χ1n) is 9.61. The Kier molecular flexibility index (Phi) is 5.29. The van der Waals surface area contributed by atoms with Crippen LogP contribution in [0.1, 0.15) is 19.3 Å². The van der Waals surface area contributed by atoms with E-state index in [0.29, 0.717) is 0 Å². The molecule has 0 bridgehead atoms. The molecule has 4 nitrogen and oxygen atoms in total. The van der Waals surface area contributed by atoms with Crippen molar-refractivity contribution < 1.29 is 14.6 Å². The van der Waals surface area contributed by atoms with Crippen LogP contribution in [-0.2, 0) is 4.79 Å². The van der Waals surface area contributed by atoms with Gasteiger partial charge in [0.05, 0.1) is 6.42 Å². The van der Waals surface area contributed by atoms with E-state index in [1.807, 2.05) is 60.7 Å². The SMILES string of the molecule is O=C(O)CC1CCCN1c1ccc(Oc2ccccc2-c2ccccc2)cc1. The van der Waals surface area contributed by atoms with Gasteiger partial charge in [-0.15, -0.1) is 0 Å². The molecule has 0 saturated carbocycles. The molecule has 1 heterocycles. The van der Waals surface area contributed by atoms with Crippen LogP contribution in [0, 0.1) is 0 Å². The van der Waals surface area contributed by atoms with Crippen LogP contribution in [0.15, 0.2) is 78.9 Å². The van der Waals surface area contributed by atoms with Crippen LogP contribution < -0.4 is 9.64 Å². The summed E-state index contributed by atoms with van der Waals surface area (Å²) in [5.74, 6) is 0.835. The average Bonchev–Trinajstić information content (AvgIpc) is 3.17. The lowest BCUT2D eigenvalue weighted by atomic mass is 10.0. The third-order valence-electron chi connectivity index (χ3n) is 5.16. The van der Waals surface area contributed by atoms with E-state index in [1.54, 1.807) is 0 Å². The number of benzene rings is 3. The molecule has 0 spiro atoms. The minimum atomic E-state index is -0.741. The van der Waals surface area contributed by atoms with Gasteiger partial charge in [-0.3, -0.25) is 4.79 Å². The Balaban J connectivity index is 1.53. The van der Waals surface area contributed by atoms with E-state index in [0.717, 1.165) is 47.7 Å². The molecule has 1 N–H and O–H groups in total. The van der Waals surface area contributed by atoms with E-state index >= 15 is 0 Å². The van der Waals surface area contributed by atoms with Crippen molar-refractivity contribution in [1.82, 2.24) is 0 Å². The third-order valence-corrected chi connectivity index (χ3v) is 5.16. The van der Waals surface area contributed by atoms with Gasteiger partial charge in [0.15, 0.2) is 0 Å². The summed E-state index contributed by atoms with van der Waals surface area (Å²) < 4.78 is 6.16. The summed E-state index contributed by atoms with van der Waals surface area (Å²) in [6.07, 6.45) is 2.14. The maximum atomic E-state index is 11.1. The van der Waals surface area contributed by atoms with Crippen molar-refractivity contribution in [1.29, 1.82) is 0 Å². The summed E-state index contributed by atoms with van der Waals surface area (Å²) in [4.78, 5) is 13.3. The number of para-hydroxylation sites is 1. The molecule has 4 heteroatoms. The van der Waals surface area contributed by atoms with Crippen LogP contribution in [-0.4, -0.2) is 23.7 Å². The van der Waals surface area contributed by atoms with Gasteiger partial charge in [0.1, 0.15) is 11.5 Å². The van der Waals surface area contributed by atoms with Crippen LogP contribution in [0.3, 0.4) is 0 Å². The van der Waals surface area contributed by atoms with Gasteiger partial charge >= 0.3 is 5.97 Å². The largest absolute Gasteiger partial charge is 0.481 e. The molecule has 1 atom stereocenters. The quantitative estimate of drug-likeness (QED) is 0.612. The highest BCUT2D eigenvalue weighted by molar-refractivity contribution is 5.71. The number of hydrogen-bond donors (Lipinski definition) is 1. The van der Waals surface area contributed by atoms with E-state index in [2.05, 4.69) is 23.1 Å². The summed E-state index contributed by atoms with van der Waals surface area (Å²) in [5.41, 5.74) is 3.21. The summed E-state index contributed by atoms with van der Waals surface area (Å²) in [6, 6.07) is 26.2. The molecular formula is C24H23NO3. The van der Waals surface area contributed by atoms with Crippen molar-refractivity contribution in [3.05, 3.63) is 78.9 Å². The number of nitrogens with zero attached hydrogens (tertiary/aromatic N) is 1. The molecule has 0 aliphatic carbocycles. The van der Waals surface area contributed by atoms with Gasteiger partial charge in [-0.05, 0) is 48.7 Å². The predicted molar refractivity (Wildman–Crippen MR) is 111 cm³/mol. The summed E-state index contributed by atoms with van der Waals surface area (Å²) >= 11 is 0. The van der Waals surface area contributed by atoms with E-state index in [1.165, 1.54) is 0 Å². The van der Waals surface area contributed by atoms with Crippen LogP contribution in [0.5, 0.6) is 11.5 Å². The molecule has 0 amide bonds. The molecule has 1 aliphatic heterocycles. The normalized spacial score (nSPS) is 16.1. The number of anilines is 1. The Morgan fingerprint density at radius 1 is 0.964 bits per heavy atom. The lowest BCUT2D eigenvalue weighted by Gasteiger charge is -2.25. The second-order valence-corrected chi connectivity index (χ2v) is 7.05. The first-order chi connectivity index (χ1) is 13.7. The predicted octanol–water partition coefficient (Wildman–Crippen LogP) is 5.59. The van der Waals surface area contributed by atoms with Crippen molar-refractivity contribution in [2.75, 3.05) is 11.4 Å². The number of carboxylic acid groups (broad SMARTS) is 1. The Bertz CT molecular complexity index is 938. The second kappa shape index (κ2) is 8.17. The highest BCUT2D eigenvalue weighted by atomic mass is 16.5. The Labute approximate surface area is 165 Å². The smallest absolute Gasteiger partial charge is 0.305 e. The average molecular weight is 373 g/mol. The lowest BCUT2D eigenvalue weighted by molar-refractivity contribution is -0.137. The molecular weight excluding hydrogens is 350 g/mol. The molecule has 1 saturated heterocycles. The number of carboxylic acids is 1. The molecule has 1 fully saturated rings. The van der Waals surface area contributed by atoms with Gasteiger partial charge in [0.2, 0.25) is 0 Å². The highest BCUT2D eigenvalue weighted by Crippen LogP contribution is 2.34. The third kappa shape index (κ3) is 4.01. The number of rotatable bonds is 6. The minimum absolute atomic E-state index is 0.0723. The van der Waals surface area contributed by atoms with Gasteiger partial charge in [0, 0.05) is 23.8 Å². The van der Waals surface area contributed by atoms with Gasteiger partial charge < -0.3 is 14.7 Å². The van der Waals surface area contributed by atoms with Crippen LogP contribution in [0.25, 0.3) is 11.1 Å². The van der Waals surface area contributed by atoms with Gasteiger partial charge in [-0.2, -0.15) is 0 Å². The van der Waals surface area contributed by atoms with Crippen molar-refractivity contribution >= 4 is 11.7 Å². The summed E-state index contributed by atoms with van der Waals surface area (Å²) in [5, 5.41) is 9.12. The number of ether oxygens (including phenoxy) is 1. The topological polar surface area (TPSA) is 49.8 Å². The highest BCUT2D eigenvalue weighted by Gasteiger charge is 2.26. The second-order valence-electron chi connectivity index (χ2n) is 7.05. The molecule has 1 unspecified atom stereocenters. The number of aliphatic carboxylic acids is 1. The van der Waals surface area contributed by atoms with Crippen LogP contribution in [0.2, 0.25) is 0 Å². The fraction of sp³-hybridized carbons (Fsp3) is 0.208. The Morgan fingerprint density at radius 3 is 2.43 bits per heavy atom. The van der Waals surface area contributed by atoms with E-state index < -0.39 is 5.97 Å². The summed E-state index contributed by atoms with van der Waals surface area (Å²) in [6.45, 7) is 0.898. The van der Waals surface area contributed by atoms with Crippen molar-refractivity contribution in [2.45, 2.75) is 25.3 Å². The molecule has 3 aromatic carbocycles. The van der Waals surface area contributed by atoms with E-state index in [-0.39, 0.29) is 12.5 Å². The zero-order valence-corrected chi connectivity index (χ0v) is 15.6. The maximum absolute atomic E-state index is 11.1. The van der Waals surface area contributed by atoms with E-state index in [4.69, 9.17) is 9.84 Å². The van der Waals surface area contributed by atoms with Gasteiger partial charge in [-0.25, -0.2) is 0 Å². The molecule has 0 radical (unpaired) electrons. The molecule has 3 aromatic rings. The Morgan fingerprint density at radius 2 is 1.68 bits per heavy atom. The van der Waals surface area contributed by atoms with Gasteiger partial charge in [0.25, 0.3) is 0 Å². The molecule has 28 heavy (non-hydrogen) atoms. The zero-order chi connectivity index (χ0) is 19.3. The fourth-order valence-electron chi connectivity index (χ4n) is 3.83. The zero-order valence-electron chi connectivity index (χ0n) is 15.6. The maximum Gasteiger partial charge on any atom is 0.305 e. The monoisotopic (exact) mass is 373 g/mol. The summed E-state index contributed by atoms with van der Waals surface area (Å²) in [7, 11) is 0. The minimum Gasteiger partial charge on any atom is -0.481 e. The molecule has 142 valence electrons. The standard InChI is InChI=1S/C24H23NO3/c26-24(27)17-20-9-6-16-25(20)19-12-14-21(15-13-19)28-23-11-5-4-10-22(23)18-7-2-1-3-8-18/h1-5,7-8,10-15,20H,6,9,16-17H2,(H,26,27). The van der Waals surface area contributed by atoms with Crippen LogP contribution >= 0.6 is 0 Å². The van der Waals surface area contributed by atoms with Crippen molar-refractivity contribution in [3.63, 3.8) is 0 Å². The van der Waals surface area contributed by atoms with Gasteiger partial charge in [-0.1, -0.05) is 48.5 Å². The first kappa shape index (κ1) is 18.1. The van der Waals surface area contributed by atoms with Crippen LogP contribution in [0.4, 0.5) is 5.69 Å². The lowest BCUT2D eigenvalue weighted by Crippen LogP contribution is -2.31. The van der Waals surface area contributed by atoms with Crippen molar-refractivity contribution in [3.8, 4) is 22.6 Å². The molecule has 4 rings (SSSR count). The number of carbonyl (C=O) groups is 1. The van der Waals surface area contributed by atoms with Crippen molar-refractivity contribution in [2.24, 2.45) is 0 Å². The molecule has 0 aromatic heterocycles. The number of hydrogen-bond acceptors (Lipinski definition) is 3.